The van der Waals surface area contributed by atoms with Gasteiger partial charge in [-0.3, -0.25) is 10.1 Å². The van der Waals surface area contributed by atoms with Gasteiger partial charge in [0.2, 0.25) is 0 Å². The van der Waals surface area contributed by atoms with Gasteiger partial charge in [-0.05, 0) is 12.1 Å². The van der Waals surface area contributed by atoms with Gasteiger partial charge in [-0.15, -0.1) is 0 Å². The van der Waals surface area contributed by atoms with Crippen LogP contribution in [0.3, 0.4) is 0 Å². The minimum absolute atomic E-state index is 0.00423. The van der Waals surface area contributed by atoms with E-state index in [9.17, 15) is 14.9 Å². The number of esters is 1. The van der Waals surface area contributed by atoms with Gasteiger partial charge in [0.1, 0.15) is 19.0 Å². The molecule has 0 spiro atoms. The van der Waals surface area contributed by atoms with Crippen molar-refractivity contribution in [3.8, 4) is 5.75 Å². The van der Waals surface area contributed by atoms with Crippen LogP contribution in [0.5, 0.6) is 5.75 Å². The second kappa shape index (κ2) is 6.26. The van der Waals surface area contributed by atoms with Crippen LogP contribution in [0.2, 0.25) is 0 Å². The molecule has 0 fully saturated rings. The molecule has 0 N–H and O–H groups in total. The third kappa shape index (κ3) is 4.33. The van der Waals surface area contributed by atoms with Crippen LogP contribution in [0.25, 0.3) is 0 Å². The van der Waals surface area contributed by atoms with Gasteiger partial charge in [0, 0.05) is 18.2 Å². The first-order valence-electron chi connectivity index (χ1n) is 4.80. The third-order valence-corrected chi connectivity index (χ3v) is 1.81. The van der Waals surface area contributed by atoms with Gasteiger partial charge in [0.15, 0.2) is 0 Å². The summed E-state index contributed by atoms with van der Waals surface area (Å²) in [4.78, 5) is 20.6. The SMILES string of the molecule is C=CC(=O)OCCOc1ccc([N+](=O)[O-])cc1. The van der Waals surface area contributed by atoms with Crippen LogP contribution in [0.15, 0.2) is 36.9 Å². The van der Waals surface area contributed by atoms with Crippen molar-refractivity contribution in [1.29, 1.82) is 0 Å². The molecule has 1 aromatic carbocycles. The van der Waals surface area contributed by atoms with E-state index in [4.69, 9.17) is 4.74 Å². The highest BCUT2D eigenvalue weighted by atomic mass is 16.6. The van der Waals surface area contributed by atoms with E-state index in [1.165, 1.54) is 24.3 Å². The van der Waals surface area contributed by atoms with Crippen molar-refractivity contribution in [3.05, 3.63) is 47.0 Å². The number of hydrogen-bond acceptors (Lipinski definition) is 5. The Morgan fingerprint density at radius 2 is 2.00 bits per heavy atom. The Bertz CT molecular complexity index is 412. The molecule has 0 bridgehead atoms. The Hall–Kier alpha value is -2.37. The van der Waals surface area contributed by atoms with Crippen LogP contribution in [-0.4, -0.2) is 24.1 Å². The number of nitro benzene ring substituents is 1. The lowest BCUT2D eigenvalue weighted by molar-refractivity contribution is -0.384. The van der Waals surface area contributed by atoms with E-state index >= 15 is 0 Å². The molecule has 0 saturated carbocycles. The van der Waals surface area contributed by atoms with Crippen LogP contribution < -0.4 is 4.74 Å². The van der Waals surface area contributed by atoms with Gasteiger partial charge in [0.25, 0.3) is 5.69 Å². The van der Waals surface area contributed by atoms with Gasteiger partial charge in [0.05, 0.1) is 4.92 Å². The van der Waals surface area contributed by atoms with Gasteiger partial charge in [-0.1, -0.05) is 6.58 Å². The lowest BCUT2D eigenvalue weighted by atomic mass is 10.3. The van der Waals surface area contributed by atoms with Gasteiger partial charge >= 0.3 is 5.97 Å². The fourth-order valence-electron chi connectivity index (χ4n) is 1.02. The molecule has 1 aromatic rings. The van der Waals surface area contributed by atoms with Gasteiger partial charge in [-0.2, -0.15) is 0 Å². The number of nitrogens with zero attached hydrogens (tertiary/aromatic N) is 1. The number of hydrogen-bond donors (Lipinski definition) is 0. The number of nitro groups is 1. The normalized spacial score (nSPS) is 9.41. The maximum atomic E-state index is 10.7. The summed E-state index contributed by atoms with van der Waals surface area (Å²) in [6, 6.07) is 5.64. The summed E-state index contributed by atoms with van der Waals surface area (Å²) < 4.78 is 9.89. The molecule has 0 aliphatic heterocycles. The molecule has 0 aliphatic carbocycles. The molecule has 6 heteroatoms. The zero-order valence-electron chi connectivity index (χ0n) is 9.00. The van der Waals surface area contributed by atoms with E-state index in [1.54, 1.807) is 0 Å². The highest BCUT2D eigenvalue weighted by molar-refractivity contribution is 5.81. The maximum absolute atomic E-state index is 10.7. The van der Waals surface area contributed by atoms with Crippen molar-refractivity contribution >= 4 is 11.7 Å². The van der Waals surface area contributed by atoms with Crippen molar-refractivity contribution in [2.45, 2.75) is 0 Å². The minimum atomic E-state index is -0.516. The second-order valence-electron chi connectivity index (χ2n) is 2.97. The lowest BCUT2D eigenvalue weighted by Gasteiger charge is -2.05. The first kappa shape index (κ1) is 12.7. The fraction of sp³-hybridized carbons (Fsp3) is 0.182. The predicted octanol–water partition coefficient (Wildman–Crippen LogP) is 1.70. The van der Waals surface area contributed by atoms with Crippen LogP contribution in [0.4, 0.5) is 5.69 Å². The molecule has 0 aliphatic rings. The van der Waals surface area contributed by atoms with Gasteiger partial charge in [-0.25, -0.2) is 4.79 Å². The predicted molar refractivity (Wildman–Crippen MR) is 59.7 cm³/mol. The molecule has 0 unspecified atom stereocenters. The van der Waals surface area contributed by atoms with E-state index in [1.807, 2.05) is 0 Å². The Labute approximate surface area is 97.6 Å². The number of carbonyl (C=O) groups excluding carboxylic acids is 1. The first-order valence-corrected chi connectivity index (χ1v) is 4.80. The van der Waals surface area contributed by atoms with Crippen LogP contribution >= 0.6 is 0 Å². The van der Waals surface area contributed by atoms with Crippen LogP contribution in [-0.2, 0) is 9.53 Å². The summed E-state index contributed by atoms with van der Waals surface area (Å²) in [5, 5.41) is 10.4. The molecule has 0 saturated heterocycles. The van der Waals surface area contributed by atoms with E-state index in [2.05, 4.69) is 11.3 Å². The van der Waals surface area contributed by atoms with Crippen molar-refractivity contribution in [1.82, 2.24) is 0 Å². The quantitative estimate of drug-likeness (QED) is 0.247. The van der Waals surface area contributed by atoms with Crippen LogP contribution in [0.1, 0.15) is 0 Å². The van der Waals surface area contributed by atoms with Crippen molar-refractivity contribution in [2.75, 3.05) is 13.2 Å². The molecule has 0 atom stereocenters. The number of ether oxygens (including phenoxy) is 2. The molecule has 0 radical (unpaired) electrons. The Kier molecular flexibility index (Phi) is 4.68. The summed E-state index contributed by atoms with van der Waals surface area (Å²) in [5.41, 5.74) is -0.00423. The summed E-state index contributed by atoms with van der Waals surface area (Å²) in [6.45, 7) is 3.52. The summed E-state index contributed by atoms with van der Waals surface area (Å²) in [7, 11) is 0. The molecule has 17 heavy (non-hydrogen) atoms. The Morgan fingerprint density at radius 1 is 1.35 bits per heavy atom. The molecular weight excluding hydrogens is 226 g/mol. The average molecular weight is 237 g/mol. The maximum Gasteiger partial charge on any atom is 0.330 e. The lowest BCUT2D eigenvalue weighted by Crippen LogP contribution is -2.10. The largest absolute Gasteiger partial charge is 0.490 e. The highest BCUT2D eigenvalue weighted by Gasteiger charge is 2.04. The topological polar surface area (TPSA) is 78.7 Å². The fourth-order valence-corrected chi connectivity index (χ4v) is 1.02. The summed E-state index contributed by atoms with van der Waals surface area (Å²) in [5.74, 6) is -0.0393. The Balaban J connectivity index is 2.35. The number of benzene rings is 1. The zero-order valence-corrected chi connectivity index (χ0v) is 9.00. The summed E-state index contributed by atoms with van der Waals surface area (Å²) >= 11 is 0. The number of carbonyl (C=O) groups is 1. The highest BCUT2D eigenvalue weighted by Crippen LogP contribution is 2.16. The molecule has 90 valence electrons. The van der Waals surface area contributed by atoms with Gasteiger partial charge < -0.3 is 9.47 Å². The zero-order chi connectivity index (χ0) is 12.7. The minimum Gasteiger partial charge on any atom is -0.490 e. The smallest absolute Gasteiger partial charge is 0.330 e. The van der Waals surface area contributed by atoms with E-state index in [0.29, 0.717) is 5.75 Å². The molecular formula is C11H11NO5. The second-order valence-corrected chi connectivity index (χ2v) is 2.97. The molecule has 0 aromatic heterocycles. The van der Waals surface area contributed by atoms with Crippen molar-refractivity contribution < 1.29 is 19.2 Å². The van der Waals surface area contributed by atoms with E-state index in [0.717, 1.165) is 6.08 Å². The first-order chi connectivity index (χ1) is 8.13. The molecule has 1 rings (SSSR count). The molecule has 0 amide bonds. The van der Waals surface area contributed by atoms with E-state index in [-0.39, 0.29) is 18.9 Å². The average Bonchev–Trinajstić information content (AvgIpc) is 2.34. The number of rotatable bonds is 6. The van der Waals surface area contributed by atoms with E-state index < -0.39 is 10.9 Å². The molecule has 0 heterocycles. The van der Waals surface area contributed by atoms with Crippen LogP contribution in [0, 0.1) is 10.1 Å². The monoisotopic (exact) mass is 237 g/mol. The van der Waals surface area contributed by atoms with Crippen molar-refractivity contribution in [2.24, 2.45) is 0 Å². The molecule has 6 nitrogen and oxygen atoms in total. The van der Waals surface area contributed by atoms with Crippen molar-refractivity contribution in [3.63, 3.8) is 0 Å². The summed E-state index contributed by atoms with van der Waals surface area (Å²) in [6.07, 6.45) is 1.06. The number of non-ortho nitro benzene ring substituents is 1. The third-order valence-electron chi connectivity index (χ3n) is 1.81. The standard InChI is InChI=1S/C11H11NO5/c1-2-11(13)17-8-7-16-10-5-3-9(4-6-10)12(14)15/h2-6H,1,7-8H2. The Morgan fingerprint density at radius 3 is 2.53 bits per heavy atom.